The van der Waals surface area contributed by atoms with Crippen LogP contribution in [0.3, 0.4) is 0 Å². The molecule has 0 aliphatic heterocycles. The predicted molar refractivity (Wildman–Crippen MR) is 72.1 cm³/mol. The molecular formula is C15H19NO2. The Bertz CT molecular complexity index is 466. The Kier molecular flexibility index (Phi) is 4.15. The normalized spacial score (nSPS) is 18.7. The summed E-state index contributed by atoms with van der Waals surface area (Å²) in [5, 5.41) is 0. The van der Waals surface area contributed by atoms with Crippen LogP contribution in [0.2, 0.25) is 0 Å². The molecule has 1 aromatic rings. The van der Waals surface area contributed by atoms with Crippen LogP contribution in [0.5, 0.6) is 0 Å². The standard InChI is InChI=1S/C15H19NO2/c1-2-18-15(17)8-4-11-3-5-12-6-7-14(16)10-13(12)9-11/h3-5,8-9,14H,2,6-7,10,16H2,1H3/t14-/m1/s1. The zero-order chi connectivity index (χ0) is 13.0. The summed E-state index contributed by atoms with van der Waals surface area (Å²) in [6.45, 7) is 2.20. The van der Waals surface area contributed by atoms with Gasteiger partial charge in [-0.1, -0.05) is 18.2 Å². The van der Waals surface area contributed by atoms with Gasteiger partial charge in [-0.3, -0.25) is 0 Å². The van der Waals surface area contributed by atoms with E-state index in [-0.39, 0.29) is 12.0 Å². The lowest BCUT2D eigenvalue weighted by atomic mass is 9.87. The van der Waals surface area contributed by atoms with Crippen LogP contribution in [-0.4, -0.2) is 18.6 Å². The summed E-state index contributed by atoms with van der Waals surface area (Å²) in [6, 6.07) is 6.54. The number of hydrogen-bond donors (Lipinski definition) is 1. The maximum atomic E-state index is 11.2. The fraction of sp³-hybridized carbons (Fsp3) is 0.400. The number of ether oxygens (including phenoxy) is 1. The molecule has 3 nitrogen and oxygen atoms in total. The van der Waals surface area contributed by atoms with Crippen LogP contribution in [0.4, 0.5) is 0 Å². The minimum Gasteiger partial charge on any atom is -0.463 e. The van der Waals surface area contributed by atoms with Crippen molar-refractivity contribution in [3.63, 3.8) is 0 Å². The highest BCUT2D eigenvalue weighted by Gasteiger charge is 2.14. The number of aryl methyl sites for hydroxylation is 1. The summed E-state index contributed by atoms with van der Waals surface area (Å²) < 4.78 is 4.85. The summed E-state index contributed by atoms with van der Waals surface area (Å²) in [5.41, 5.74) is 9.68. The molecule has 1 aliphatic carbocycles. The monoisotopic (exact) mass is 245 g/mol. The summed E-state index contributed by atoms with van der Waals surface area (Å²) in [4.78, 5) is 11.2. The van der Waals surface area contributed by atoms with Gasteiger partial charge in [0.05, 0.1) is 6.61 Å². The molecule has 0 radical (unpaired) electrons. The molecule has 0 aromatic heterocycles. The van der Waals surface area contributed by atoms with Crippen molar-refractivity contribution in [2.75, 3.05) is 6.61 Å². The highest BCUT2D eigenvalue weighted by molar-refractivity contribution is 5.87. The molecule has 18 heavy (non-hydrogen) atoms. The van der Waals surface area contributed by atoms with Crippen LogP contribution < -0.4 is 5.73 Å². The molecule has 96 valence electrons. The van der Waals surface area contributed by atoms with Gasteiger partial charge in [-0.15, -0.1) is 0 Å². The Morgan fingerprint density at radius 2 is 2.33 bits per heavy atom. The number of carbonyl (C=O) groups is 1. The predicted octanol–water partition coefficient (Wildman–Crippen LogP) is 2.08. The molecule has 0 spiro atoms. The summed E-state index contributed by atoms with van der Waals surface area (Å²) in [6.07, 6.45) is 6.30. The van der Waals surface area contributed by atoms with Crippen molar-refractivity contribution in [3.05, 3.63) is 41.0 Å². The van der Waals surface area contributed by atoms with E-state index in [9.17, 15) is 4.79 Å². The Morgan fingerprint density at radius 3 is 3.11 bits per heavy atom. The Morgan fingerprint density at radius 1 is 1.50 bits per heavy atom. The van der Waals surface area contributed by atoms with Crippen LogP contribution in [0.1, 0.15) is 30.0 Å². The fourth-order valence-electron chi connectivity index (χ4n) is 2.26. The quantitative estimate of drug-likeness (QED) is 0.655. The van der Waals surface area contributed by atoms with E-state index in [0.29, 0.717) is 6.61 Å². The van der Waals surface area contributed by atoms with Crippen molar-refractivity contribution < 1.29 is 9.53 Å². The second-order valence-corrected chi connectivity index (χ2v) is 4.62. The molecule has 1 aromatic carbocycles. The maximum absolute atomic E-state index is 11.2. The molecule has 1 atom stereocenters. The highest BCUT2D eigenvalue weighted by atomic mass is 16.5. The topological polar surface area (TPSA) is 52.3 Å². The smallest absolute Gasteiger partial charge is 0.330 e. The van der Waals surface area contributed by atoms with E-state index >= 15 is 0 Å². The summed E-state index contributed by atoms with van der Waals surface area (Å²) >= 11 is 0. The molecule has 0 saturated heterocycles. The molecule has 0 unspecified atom stereocenters. The second-order valence-electron chi connectivity index (χ2n) is 4.62. The van der Waals surface area contributed by atoms with Gasteiger partial charge in [-0.25, -0.2) is 4.79 Å². The van der Waals surface area contributed by atoms with Gasteiger partial charge in [0.2, 0.25) is 0 Å². The number of fused-ring (bicyclic) bond motifs is 1. The van der Waals surface area contributed by atoms with Gasteiger partial charge in [0.15, 0.2) is 0 Å². The molecule has 3 heteroatoms. The average molecular weight is 245 g/mol. The van der Waals surface area contributed by atoms with Crippen LogP contribution in [0.25, 0.3) is 6.08 Å². The molecule has 2 N–H and O–H groups in total. The van der Waals surface area contributed by atoms with Gasteiger partial charge in [0, 0.05) is 12.1 Å². The lowest BCUT2D eigenvalue weighted by molar-refractivity contribution is -0.137. The zero-order valence-electron chi connectivity index (χ0n) is 10.7. The Labute approximate surface area is 108 Å². The van der Waals surface area contributed by atoms with Gasteiger partial charge in [0.1, 0.15) is 0 Å². The molecule has 0 bridgehead atoms. The number of carbonyl (C=O) groups excluding carboxylic acids is 1. The molecular weight excluding hydrogens is 226 g/mol. The van der Waals surface area contributed by atoms with Crippen molar-refractivity contribution >= 4 is 12.0 Å². The molecule has 0 amide bonds. The Hall–Kier alpha value is -1.61. The SMILES string of the molecule is CCOC(=O)C=Cc1ccc2c(c1)C[C@H](N)CC2. The average Bonchev–Trinajstić information content (AvgIpc) is 2.36. The summed E-state index contributed by atoms with van der Waals surface area (Å²) in [7, 11) is 0. The van der Waals surface area contributed by atoms with Crippen LogP contribution >= 0.6 is 0 Å². The third-order valence-corrected chi connectivity index (χ3v) is 3.20. The van der Waals surface area contributed by atoms with Crippen LogP contribution in [0, 0.1) is 0 Å². The lowest BCUT2D eigenvalue weighted by Gasteiger charge is -2.21. The fourth-order valence-corrected chi connectivity index (χ4v) is 2.26. The maximum Gasteiger partial charge on any atom is 0.330 e. The van der Waals surface area contributed by atoms with Gasteiger partial charge in [-0.2, -0.15) is 0 Å². The van der Waals surface area contributed by atoms with Crippen LogP contribution in [-0.2, 0) is 22.4 Å². The molecule has 2 rings (SSSR count). The molecule has 1 aliphatic rings. The number of esters is 1. The van der Waals surface area contributed by atoms with Crippen molar-refractivity contribution in [2.45, 2.75) is 32.2 Å². The van der Waals surface area contributed by atoms with Gasteiger partial charge in [0.25, 0.3) is 0 Å². The lowest BCUT2D eigenvalue weighted by Crippen LogP contribution is -2.27. The largest absolute Gasteiger partial charge is 0.463 e. The first-order chi connectivity index (χ1) is 8.69. The van der Waals surface area contributed by atoms with E-state index in [0.717, 1.165) is 24.8 Å². The number of hydrogen-bond acceptors (Lipinski definition) is 3. The minimum absolute atomic E-state index is 0.266. The van der Waals surface area contributed by atoms with E-state index in [4.69, 9.17) is 10.5 Å². The van der Waals surface area contributed by atoms with Crippen molar-refractivity contribution in [2.24, 2.45) is 5.73 Å². The van der Waals surface area contributed by atoms with E-state index < -0.39 is 0 Å². The first kappa shape index (κ1) is 12.8. The van der Waals surface area contributed by atoms with E-state index in [2.05, 4.69) is 12.1 Å². The number of rotatable bonds is 3. The Balaban J connectivity index is 2.11. The van der Waals surface area contributed by atoms with Gasteiger partial charge >= 0.3 is 5.97 Å². The van der Waals surface area contributed by atoms with Gasteiger partial charge in [-0.05, 0) is 49.0 Å². The highest BCUT2D eigenvalue weighted by Crippen LogP contribution is 2.22. The first-order valence-electron chi connectivity index (χ1n) is 6.41. The second kappa shape index (κ2) is 5.83. The number of nitrogens with two attached hydrogens (primary N) is 1. The van der Waals surface area contributed by atoms with Crippen molar-refractivity contribution in [1.29, 1.82) is 0 Å². The molecule has 0 heterocycles. The summed E-state index contributed by atoms with van der Waals surface area (Å²) in [5.74, 6) is -0.299. The first-order valence-corrected chi connectivity index (χ1v) is 6.41. The zero-order valence-corrected chi connectivity index (χ0v) is 10.7. The van der Waals surface area contributed by atoms with Crippen molar-refractivity contribution in [3.8, 4) is 0 Å². The number of benzene rings is 1. The van der Waals surface area contributed by atoms with Crippen molar-refractivity contribution in [1.82, 2.24) is 0 Å². The molecule has 0 saturated carbocycles. The van der Waals surface area contributed by atoms with E-state index in [1.807, 2.05) is 6.07 Å². The van der Waals surface area contributed by atoms with E-state index in [1.54, 1.807) is 13.0 Å². The minimum atomic E-state index is -0.299. The third-order valence-electron chi connectivity index (χ3n) is 3.20. The van der Waals surface area contributed by atoms with Gasteiger partial charge < -0.3 is 10.5 Å². The van der Waals surface area contributed by atoms with Crippen LogP contribution in [0.15, 0.2) is 24.3 Å². The third kappa shape index (κ3) is 3.20. The molecule has 0 fully saturated rings. The van der Waals surface area contributed by atoms with E-state index in [1.165, 1.54) is 17.2 Å².